The first-order valence-electron chi connectivity index (χ1n) is 8.15. The van der Waals surface area contributed by atoms with Crippen molar-refractivity contribution in [1.82, 2.24) is 4.98 Å². The summed E-state index contributed by atoms with van der Waals surface area (Å²) < 4.78 is 0. The van der Waals surface area contributed by atoms with Crippen LogP contribution in [0.15, 0.2) is 30.0 Å². The van der Waals surface area contributed by atoms with Gasteiger partial charge in [-0.05, 0) is 54.9 Å². The summed E-state index contributed by atoms with van der Waals surface area (Å²) in [5.74, 6) is 1.75. The van der Waals surface area contributed by atoms with E-state index in [0.717, 1.165) is 12.0 Å². The number of hydrogen-bond acceptors (Lipinski definition) is 2. The van der Waals surface area contributed by atoms with Gasteiger partial charge in [-0.25, -0.2) is 11.6 Å². The van der Waals surface area contributed by atoms with Gasteiger partial charge in [0.15, 0.2) is 0 Å². The number of allylic oxidation sites excluding steroid dienone is 3. The Kier molecular flexibility index (Phi) is 4.29. The van der Waals surface area contributed by atoms with E-state index < -0.39 is 0 Å². The molecule has 2 aliphatic rings. The van der Waals surface area contributed by atoms with Gasteiger partial charge in [-0.3, -0.25) is 0 Å². The number of pyridine rings is 1. The molecule has 3 rings (SSSR count). The summed E-state index contributed by atoms with van der Waals surface area (Å²) in [7, 11) is 0. The van der Waals surface area contributed by atoms with E-state index in [1.54, 1.807) is 6.20 Å². The molecule has 1 aromatic rings. The molecule has 114 valence electrons. The zero-order valence-corrected chi connectivity index (χ0v) is 13.2. The molecule has 1 heterocycles. The Morgan fingerprint density at radius 2 is 2.14 bits per heavy atom. The monoisotopic (exact) mass is 293 g/mol. The molecule has 0 aliphatic heterocycles. The fourth-order valence-corrected chi connectivity index (χ4v) is 3.91. The van der Waals surface area contributed by atoms with Crippen LogP contribution in [0.1, 0.15) is 43.2 Å². The Bertz CT molecular complexity index is 658. The van der Waals surface area contributed by atoms with Gasteiger partial charge in [0.25, 0.3) is 0 Å². The molecular formula is C19H23N3. The van der Waals surface area contributed by atoms with Crippen LogP contribution < -0.4 is 5.73 Å². The normalized spacial score (nSPS) is 19.6. The summed E-state index contributed by atoms with van der Waals surface area (Å²) in [5, 5.41) is 0. The standard InChI is InChI=1S/C19H23N3/c1-13-17(9-10-22-19(13)20)15-7-8-16(11-15)18(12-21-2)14-5-3-4-6-14/h7-10,14,18H,3-6,11-12H2,1H3,(H2,20,22). The van der Waals surface area contributed by atoms with Gasteiger partial charge >= 0.3 is 0 Å². The highest BCUT2D eigenvalue weighted by Gasteiger charge is 2.31. The van der Waals surface area contributed by atoms with Crippen LogP contribution in [-0.2, 0) is 0 Å². The highest BCUT2D eigenvalue weighted by Crippen LogP contribution is 2.41. The molecule has 2 N–H and O–H groups in total. The Balaban J connectivity index is 1.77. The Hall–Kier alpha value is -2.08. The second-order valence-corrected chi connectivity index (χ2v) is 6.47. The minimum absolute atomic E-state index is 0.438. The number of nitrogen functional groups attached to an aromatic ring is 1. The molecule has 1 atom stereocenters. The lowest BCUT2D eigenvalue weighted by atomic mass is 9.83. The average Bonchev–Trinajstić information content (AvgIpc) is 3.19. The van der Waals surface area contributed by atoms with E-state index in [-0.39, 0.29) is 0 Å². The fraction of sp³-hybridized carbons (Fsp3) is 0.474. The van der Waals surface area contributed by atoms with Crippen molar-refractivity contribution >= 4 is 11.4 Å². The van der Waals surface area contributed by atoms with Gasteiger partial charge < -0.3 is 10.6 Å². The van der Waals surface area contributed by atoms with E-state index in [9.17, 15) is 0 Å². The van der Waals surface area contributed by atoms with Gasteiger partial charge in [0.05, 0.1) is 5.92 Å². The maximum atomic E-state index is 7.29. The number of aromatic nitrogens is 1. The van der Waals surface area contributed by atoms with Crippen molar-refractivity contribution in [2.45, 2.75) is 39.0 Å². The Labute approximate surface area is 132 Å². The number of nitrogens with two attached hydrogens (primary N) is 1. The summed E-state index contributed by atoms with van der Waals surface area (Å²) in [6, 6.07) is 2.05. The summed E-state index contributed by atoms with van der Waals surface area (Å²) in [4.78, 5) is 7.86. The predicted octanol–water partition coefficient (Wildman–Crippen LogP) is 4.41. The van der Waals surface area contributed by atoms with E-state index in [0.29, 0.717) is 24.2 Å². The first kappa shape index (κ1) is 14.8. The second kappa shape index (κ2) is 6.36. The second-order valence-electron chi connectivity index (χ2n) is 6.47. The van der Waals surface area contributed by atoms with Gasteiger partial charge in [0, 0.05) is 6.20 Å². The van der Waals surface area contributed by atoms with Crippen LogP contribution in [0.5, 0.6) is 0 Å². The first-order chi connectivity index (χ1) is 10.7. The number of nitrogens with zero attached hydrogens (tertiary/aromatic N) is 2. The largest absolute Gasteiger partial charge is 0.383 e. The van der Waals surface area contributed by atoms with Crippen LogP contribution in [0.4, 0.5) is 5.82 Å². The molecule has 3 nitrogen and oxygen atoms in total. The number of hydrogen-bond donors (Lipinski definition) is 1. The molecule has 0 saturated heterocycles. The van der Waals surface area contributed by atoms with Crippen molar-refractivity contribution in [1.29, 1.82) is 0 Å². The molecule has 1 unspecified atom stereocenters. The molecule has 0 radical (unpaired) electrons. The van der Waals surface area contributed by atoms with Crippen molar-refractivity contribution in [3.63, 3.8) is 0 Å². The topological polar surface area (TPSA) is 43.3 Å². The zero-order chi connectivity index (χ0) is 15.5. The first-order valence-corrected chi connectivity index (χ1v) is 8.15. The van der Waals surface area contributed by atoms with Crippen molar-refractivity contribution in [3.8, 4) is 0 Å². The third-order valence-corrected chi connectivity index (χ3v) is 5.22. The lowest BCUT2D eigenvalue weighted by Gasteiger charge is -2.21. The third kappa shape index (κ3) is 2.78. The molecule has 2 aliphatic carbocycles. The van der Waals surface area contributed by atoms with Gasteiger partial charge in [-0.1, -0.05) is 30.6 Å². The molecule has 1 aromatic heterocycles. The van der Waals surface area contributed by atoms with Crippen molar-refractivity contribution in [2.24, 2.45) is 11.8 Å². The maximum Gasteiger partial charge on any atom is 0.221 e. The Morgan fingerprint density at radius 1 is 1.36 bits per heavy atom. The molecule has 1 saturated carbocycles. The Morgan fingerprint density at radius 3 is 2.86 bits per heavy atom. The molecule has 3 heteroatoms. The predicted molar refractivity (Wildman–Crippen MR) is 91.0 cm³/mol. The SMILES string of the molecule is [C-]#[N+]CC(C1=CC=C(c2ccnc(N)c2C)C1)C1CCCC1. The van der Waals surface area contributed by atoms with E-state index in [1.165, 1.54) is 42.4 Å². The van der Waals surface area contributed by atoms with Crippen LogP contribution in [0, 0.1) is 25.3 Å². The minimum atomic E-state index is 0.438. The van der Waals surface area contributed by atoms with E-state index >= 15 is 0 Å². The lowest BCUT2D eigenvalue weighted by molar-refractivity contribution is 0.406. The minimum Gasteiger partial charge on any atom is -0.383 e. The summed E-state index contributed by atoms with van der Waals surface area (Å²) in [6.07, 6.45) is 12.4. The number of anilines is 1. The highest BCUT2D eigenvalue weighted by atomic mass is 14.8. The van der Waals surface area contributed by atoms with Crippen LogP contribution >= 0.6 is 0 Å². The van der Waals surface area contributed by atoms with Gasteiger partial charge in [0.2, 0.25) is 6.54 Å². The molecule has 0 aromatic carbocycles. The van der Waals surface area contributed by atoms with Gasteiger partial charge in [-0.2, -0.15) is 0 Å². The molecule has 0 spiro atoms. The van der Waals surface area contributed by atoms with Crippen molar-refractivity contribution in [3.05, 3.63) is 52.5 Å². The van der Waals surface area contributed by atoms with Crippen LogP contribution in [0.25, 0.3) is 10.4 Å². The van der Waals surface area contributed by atoms with Crippen LogP contribution in [0.2, 0.25) is 0 Å². The smallest absolute Gasteiger partial charge is 0.221 e. The summed E-state index contributed by atoms with van der Waals surface area (Å²) in [6.45, 7) is 9.96. The number of rotatable bonds is 4. The van der Waals surface area contributed by atoms with Gasteiger partial charge in [0.1, 0.15) is 5.82 Å². The van der Waals surface area contributed by atoms with E-state index in [2.05, 4.69) is 22.0 Å². The van der Waals surface area contributed by atoms with Crippen molar-refractivity contribution in [2.75, 3.05) is 12.3 Å². The zero-order valence-electron chi connectivity index (χ0n) is 13.2. The lowest BCUT2D eigenvalue weighted by Crippen LogP contribution is -2.16. The molecule has 0 amide bonds. The van der Waals surface area contributed by atoms with Gasteiger partial charge in [-0.15, -0.1) is 0 Å². The molecule has 1 fully saturated rings. The summed E-state index contributed by atoms with van der Waals surface area (Å²) in [5.41, 5.74) is 10.9. The summed E-state index contributed by atoms with van der Waals surface area (Å²) >= 11 is 0. The molecule has 0 bridgehead atoms. The third-order valence-electron chi connectivity index (χ3n) is 5.22. The fourth-order valence-electron chi connectivity index (χ4n) is 3.91. The van der Waals surface area contributed by atoms with Crippen molar-refractivity contribution < 1.29 is 0 Å². The quantitative estimate of drug-likeness (QED) is 0.835. The van der Waals surface area contributed by atoms with Crippen LogP contribution in [-0.4, -0.2) is 11.5 Å². The molecule has 22 heavy (non-hydrogen) atoms. The molecular weight excluding hydrogens is 270 g/mol. The van der Waals surface area contributed by atoms with E-state index in [1.807, 2.05) is 13.0 Å². The maximum absolute atomic E-state index is 7.29. The highest BCUT2D eigenvalue weighted by molar-refractivity contribution is 5.76. The average molecular weight is 293 g/mol. The van der Waals surface area contributed by atoms with E-state index in [4.69, 9.17) is 12.3 Å². The van der Waals surface area contributed by atoms with Crippen LogP contribution in [0.3, 0.4) is 0 Å².